The molecule has 30 heavy (non-hydrogen) atoms. The largest absolute Gasteiger partial charge is 0.456 e. The first-order chi connectivity index (χ1) is 14.4. The predicted octanol–water partition coefficient (Wildman–Crippen LogP) is 1.48. The summed E-state index contributed by atoms with van der Waals surface area (Å²) in [5.74, 6) is -1.79. The molecule has 1 saturated heterocycles. The van der Waals surface area contributed by atoms with Crippen LogP contribution >= 0.6 is 0 Å². The average Bonchev–Trinajstić information content (AvgIpc) is 2.99. The second-order valence-corrected chi connectivity index (χ2v) is 8.07. The zero-order valence-corrected chi connectivity index (χ0v) is 17.6. The van der Waals surface area contributed by atoms with Crippen molar-refractivity contribution >= 4 is 29.4 Å². The maximum Gasteiger partial charge on any atom is 0.308 e. The molecule has 1 aromatic rings. The molecule has 1 aromatic carbocycles. The van der Waals surface area contributed by atoms with Crippen LogP contribution in [-0.2, 0) is 30.5 Å². The first-order valence-electron chi connectivity index (χ1n) is 10.4. The number of anilines is 1. The molecular formula is C22H29N3O5. The van der Waals surface area contributed by atoms with E-state index in [0.29, 0.717) is 6.54 Å². The van der Waals surface area contributed by atoms with Crippen molar-refractivity contribution in [2.75, 3.05) is 32.1 Å². The fraction of sp³-hybridized carbons (Fsp3) is 0.545. The lowest BCUT2D eigenvalue weighted by Gasteiger charge is -2.19. The van der Waals surface area contributed by atoms with Gasteiger partial charge in [0.1, 0.15) is 0 Å². The summed E-state index contributed by atoms with van der Waals surface area (Å²) in [6.07, 6.45) is 3.31. The minimum atomic E-state index is -0.601. The molecule has 2 atom stereocenters. The van der Waals surface area contributed by atoms with Crippen molar-refractivity contribution in [1.29, 1.82) is 0 Å². The molecule has 162 valence electrons. The number of esters is 1. The van der Waals surface area contributed by atoms with Crippen LogP contribution in [0.4, 0.5) is 5.69 Å². The lowest BCUT2D eigenvalue weighted by molar-refractivity contribution is -0.150. The number of rotatable bonds is 8. The molecule has 8 nitrogen and oxygen atoms in total. The van der Waals surface area contributed by atoms with Crippen LogP contribution in [0.5, 0.6) is 0 Å². The van der Waals surface area contributed by atoms with Crippen LogP contribution in [0.1, 0.15) is 37.7 Å². The molecule has 1 N–H and O–H groups in total. The van der Waals surface area contributed by atoms with Crippen LogP contribution in [0.3, 0.4) is 0 Å². The van der Waals surface area contributed by atoms with Gasteiger partial charge in [-0.2, -0.15) is 0 Å². The highest BCUT2D eigenvalue weighted by molar-refractivity contribution is 6.05. The topological polar surface area (TPSA) is 96.0 Å². The molecule has 1 saturated carbocycles. The van der Waals surface area contributed by atoms with Crippen molar-refractivity contribution in [2.45, 2.75) is 38.6 Å². The van der Waals surface area contributed by atoms with Crippen LogP contribution in [0.2, 0.25) is 0 Å². The Morgan fingerprint density at radius 1 is 1.07 bits per heavy atom. The van der Waals surface area contributed by atoms with E-state index in [1.165, 1.54) is 4.90 Å². The van der Waals surface area contributed by atoms with E-state index >= 15 is 0 Å². The molecule has 1 aliphatic heterocycles. The molecule has 0 spiro atoms. The zero-order valence-electron chi connectivity index (χ0n) is 17.6. The molecule has 2 fully saturated rings. The van der Waals surface area contributed by atoms with E-state index in [9.17, 15) is 19.2 Å². The van der Waals surface area contributed by atoms with Crippen molar-refractivity contribution in [2.24, 2.45) is 11.8 Å². The number of benzene rings is 1. The first kappa shape index (κ1) is 21.8. The predicted molar refractivity (Wildman–Crippen MR) is 110 cm³/mol. The summed E-state index contributed by atoms with van der Waals surface area (Å²) >= 11 is 0. The summed E-state index contributed by atoms with van der Waals surface area (Å²) in [5.41, 5.74) is 2.00. The van der Waals surface area contributed by atoms with Gasteiger partial charge in [-0.25, -0.2) is 0 Å². The van der Waals surface area contributed by atoms with Crippen molar-refractivity contribution in [3.8, 4) is 0 Å². The lowest BCUT2D eigenvalue weighted by Crippen LogP contribution is -2.34. The quantitative estimate of drug-likeness (QED) is 0.510. The third-order valence-corrected chi connectivity index (χ3v) is 5.78. The Kier molecular flexibility index (Phi) is 7.07. The van der Waals surface area contributed by atoms with Gasteiger partial charge in [0.05, 0.1) is 18.3 Å². The number of likely N-dealkylation sites (tertiary alicyclic amines) is 1. The molecule has 0 unspecified atom stereocenters. The minimum Gasteiger partial charge on any atom is -0.456 e. The van der Waals surface area contributed by atoms with Gasteiger partial charge in [0.25, 0.3) is 5.91 Å². The molecule has 8 heteroatoms. The molecule has 3 amide bonds. The summed E-state index contributed by atoms with van der Waals surface area (Å²) in [6.45, 7) is -0.0330. The van der Waals surface area contributed by atoms with E-state index in [-0.39, 0.29) is 43.2 Å². The van der Waals surface area contributed by atoms with Gasteiger partial charge >= 0.3 is 5.97 Å². The van der Waals surface area contributed by atoms with E-state index in [1.807, 2.05) is 43.3 Å². The minimum absolute atomic E-state index is 0.0172. The van der Waals surface area contributed by atoms with Crippen LogP contribution in [-0.4, -0.2) is 55.8 Å². The molecule has 0 aromatic heterocycles. The number of hydrogen-bond donors (Lipinski definition) is 1. The first-order valence-corrected chi connectivity index (χ1v) is 10.4. The molecule has 1 heterocycles. The second kappa shape index (κ2) is 9.73. The summed E-state index contributed by atoms with van der Waals surface area (Å²) in [5, 5.41) is 2.70. The van der Waals surface area contributed by atoms with Crippen molar-refractivity contribution in [1.82, 2.24) is 10.2 Å². The third-order valence-electron chi connectivity index (χ3n) is 5.78. The van der Waals surface area contributed by atoms with E-state index in [4.69, 9.17) is 4.74 Å². The number of fused-ring (bicyclic) bond motifs is 1. The Morgan fingerprint density at radius 2 is 1.67 bits per heavy atom. The monoisotopic (exact) mass is 415 g/mol. The maximum atomic E-state index is 12.4. The highest BCUT2D eigenvalue weighted by Crippen LogP contribution is 2.37. The fourth-order valence-corrected chi connectivity index (χ4v) is 4.04. The standard InChI is InChI=1S/C22H29N3O5/c1-24(2)16-9-7-15(8-10-16)13-23-19(26)14-30-20(27)11-12-25-21(28)17-5-3-4-6-18(17)22(25)29/h7-10,17-18H,3-6,11-14H2,1-2H3,(H,23,26)/t17-,18+. The zero-order chi connectivity index (χ0) is 21.7. The van der Waals surface area contributed by atoms with E-state index in [1.54, 1.807) is 0 Å². The molecule has 3 rings (SSSR count). The van der Waals surface area contributed by atoms with E-state index in [2.05, 4.69) is 5.32 Å². The Bertz CT molecular complexity index is 781. The van der Waals surface area contributed by atoms with Crippen LogP contribution in [0, 0.1) is 11.8 Å². The Balaban J connectivity index is 1.36. The number of carbonyl (C=O) groups is 4. The molecule has 2 aliphatic rings. The van der Waals surface area contributed by atoms with Crippen LogP contribution in [0.15, 0.2) is 24.3 Å². The van der Waals surface area contributed by atoms with E-state index < -0.39 is 11.9 Å². The lowest BCUT2D eigenvalue weighted by atomic mass is 9.81. The number of imide groups is 1. The molecule has 0 bridgehead atoms. The number of hydrogen-bond acceptors (Lipinski definition) is 6. The summed E-state index contributed by atoms with van der Waals surface area (Å²) in [4.78, 5) is 51.8. The molecule has 0 radical (unpaired) electrons. The summed E-state index contributed by atoms with van der Waals surface area (Å²) in [6, 6.07) is 7.75. The van der Waals surface area contributed by atoms with Gasteiger partial charge in [0.2, 0.25) is 11.8 Å². The van der Waals surface area contributed by atoms with Crippen LogP contribution < -0.4 is 10.2 Å². The summed E-state index contributed by atoms with van der Waals surface area (Å²) in [7, 11) is 3.90. The number of nitrogens with zero attached hydrogens (tertiary/aromatic N) is 2. The third kappa shape index (κ3) is 5.17. The van der Waals surface area contributed by atoms with Gasteiger partial charge < -0.3 is 15.0 Å². The van der Waals surface area contributed by atoms with Crippen molar-refractivity contribution < 1.29 is 23.9 Å². The number of ether oxygens (including phenoxy) is 1. The van der Waals surface area contributed by atoms with Gasteiger partial charge in [-0.15, -0.1) is 0 Å². The summed E-state index contributed by atoms with van der Waals surface area (Å²) < 4.78 is 4.98. The molecular weight excluding hydrogens is 386 g/mol. The Labute approximate surface area is 176 Å². The van der Waals surface area contributed by atoms with Gasteiger partial charge in [0, 0.05) is 32.9 Å². The fourth-order valence-electron chi connectivity index (χ4n) is 4.04. The van der Waals surface area contributed by atoms with Gasteiger partial charge in [-0.1, -0.05) is 25.0 Å². The average molecular weight is 415 g/mol. The van der Waals surface area contributed by atoms with Crippen molar-refractivity contribution in [3.63, 3.8) is 0 Å². The number of nitrogens with one attached hydrogen (secondary N) is 1. The van der Waals surface area contributed by atoms with E-state index in [0.717, 1.165) is 36.9 Å². The smallest absolute Gasteiger partial charge is 0.308 e. The Hall–Kier alpha value is -2.90. The van der Waals surface area contributed by atoms with Gasteiger partial charge in [0.15, 0.2) is 6.61 Å². The Morgan fingerprint density at radius 3 is 2.23 bits per heavy atom. The van der Waals surface area contributed by atoms with Gasteiger partial charge in [-0.3, -0.25) is 24.1 Å². The highest BCUT2D eigenvalue weighted by Gasteiger charge is 2.47. The van der Waals surface area contributed by atoms with Crippen molar-refractivity contribution in [3.05, 3.63) is 29.8 Å². The number of amides is 3. The number of carbonyl (C=O) groups excluding carboxylic acids is 4. The molecule has 1 aliphatic carbocycles. The second-order valence-electron chi connectivity index (χ2n) is 8.07. The normalized spacial score (nSPS) is 20.7. The van der Waals surface area contributed by atoms with Gasteiger partial charge in [-0.05, 0) is 30.5 Å². The maximum absolute atomic E-state index is 12.4. The van der Waals surface area contributed by atoms with Crippen LogP contribution in [0.25, 0.3) is 0 Å². The SMILES string of the molecule is CN(C)c1ccc(CNC(=O)COC(=O)CCN2C(=O)[C@H]3CCCC[C@H]3C2=O)cc1. The highest BCUT2D eigenvalue weighted by atomic mass is 16.5.